The monoisotopic (exact) mass is 344 g/mol. The maximum atomic E-state index is 12.2. The summed E-state index contributed by atoms with van der Waals surface area (Å²) >= 11 is 1.47. The highest BCUT2D eigenvalue weighted by molar-refractivity contribution is 7.17. The Morgan fingerprint density at radius 1 is 1.25 bits per heavy atom. The number of aryl methyl sites for hydroxylation is 2. The highest BCUT2D eigenvalue weighted by atomic mass is 32.1. The number of hydrogen-bond donors (Lipinski definition) is 2. The van der Waals surface area contributed by atoms with Crippen LogP contribution in [0.5, 0.6) is 0 Å². The third kappa shape index (κ3) is 3.59. The number of furan rings is 1. The summed E-state index contributed by atoms with van der Waals surface area (Å²) in [6, 6.07) is 3.63. The van der Waals surface area contributed by atoms with Crippen LogP contribution in [0.15, 0.2) is 22.6 Å². The molecule has 24 heavy (non-hydrogen) atoms. The van der Waals surface area contributed by atoms with Gasteiger partial charge in [0, 0.05) is 11.0 Å². The molecule has 0 aromatic carbocycles. The number of primary amides is 1. The van der Waals surface area contributed by atoms with E-state index < -0.39 is 5.91 Å². The molecule has 2 amide bonds. The van der Waals surface area contributed by atoms with Gasteiger partial charge in [-0.05, 0) is 56.4 Å². The molecule has 0 aliphatic heterocycles. The van der Waals surface area contributed by atoms with Gasteiger partial charge >= 0.3 is 0 Å². The fraction of sp³-hybridized carbons (Fsp3) is 0.333. The lowest BCUT2D eigenvalue weighted by atomic mass is 10.1. The number of thiophene rings is 1. The van der Waals surface area contributed by atoms with Gasteiger partial charge in [-0.3, -0.25) is 9.59 Å². The van der Waals surface area contributed by atoms with Gasteiger partial charge in [0.1, 0.15) is 16.5 Å². The summed E-state index contributed by atoms with van der Waals surface area (Å²) in [5.74, 6) is 0.617. The van der Waals surface area contributed by atoms with E-state index in [4.69, 9.17) is 10.2 Å². The quantitative estimate of drug-likeness (QED) is 0.655. The Balaban J connectivity index is 1.80. The average molecular weight is 344 g/mol. The Labute approximate surface area is 144 Å². The first-order chi connectivity index (χ1) is 11.5. The van der Waals surface area contributed by atoms with Gasteiger partial charge in [0.15, 0.2) is 0 Å². The molecule has 126 valence electrons. The molecule has 0 unspecified atom stereocenters. The standard InChI is InChI=1S/C18H20N2O3S/c1-11-7-8-12(23-11)9-10-15(21)20-18-16(17(19)22)13-5-3-2-4-6-14(13)24-18/h7-10H,2-6H2,1H3,(H2,19,22)(H,20,21)/b10-9+. The zero-order valence-corrected chi connectivity index (χ0v) is 14.4. The summed E-state index contributed by atoms with van der Waals surface area (Å²) < 4.78 is 5.39. The maximum absolute atomic E-state index is 12.2. The molecule has 0 fully saturated rings. The summed E-state index contributed by atoms with van der Waals surface area (Å²) in [6.07, 6.45) is 8.11. The van der Waals surface area contributed by atoms with Crippen molar-refractivity contribution in [2.24, 2.45) is 5.73 Å². The molecule has 0 spiro atoms. The fourth-order valence-electron chi connectivity index (χ4n) is 2.95. The Morgan fingerprint density at radius 3 is 2.75 bits per heavy atom. The van der Waals surface area contributed by atoms with Crippen LogP contribution in [0, 0.1) is 6.92 Å². The van der Waals surface area contributed by atoms with Crippen LogP contribution in [-0.2, 0) is 17.6 Å². The lowest BCUT2D eigenvalue weighted by Crippen LogP contribution is -2.16. The SMILES string of the molecule is Cc1ccc(/C=C/C(=O)Nc2sc3c(c2C(N)=O)CCCCC3)o1. The van der Waals surface area contributed by atoms with Crippen LogP contribution in [0.1, 0.15) is 51.6 Å². The summed E-state index contributed by atoms with van der Waals surface area (Å²) in [4.78, 5) is 25.2. The van der Waals surface area contributed by atoms with Crippen molar-refractivity contribution in [1.82, 2.24) is 0 Å². The predicted molar refractivity (Wildman–Crippen MR) is 95.2 cm³/mol. The molecule has 2 aromatic rings. The fourth-order valence-corrected chi connectivity index (χ4v) is 4.24. The van der Waals surface area contributed by atoms with E-state index in [0.717, 1.165) is 43.4 Å². The van der Waals surface area contributed by atoms with Gasteiger partial charge in [0.05, 0.1) is 5.56 Å². The third-order valence-corrected chi connectivity index (χ3v) is 5.27. The van der Waals surface area contributed by atoms with Crippen molar-refractivity contribution < 1.29 is 14.0 Å². The Kier molecular flexibility index (Phi) is 4.85. The van der Waals surface area contributed by atoms with Gasteiger partial charge in [-0.25, -0.2) is 0 Å². The zero-order valence-electron chi connectivity index (χ0n) is 13.6. The molecule has 3 N–H and O–H groups in total. The third-order valence-electron chi connectivity index (χ3n) is 4.06. The van der Waals surface area contributed by atoms with E-state index >= 15 is 0 Å². The van der Waals surface area contributed by atoms with Gasteiger partial charge in [-0.2, -0.15) is 0 Å². The highest BCUT2D eigenvalue weighted by Gasteiger charge is 2.23. The molecule has 0 bridgehead atoms. The predicted octanol–water partition coefficient (Wildman–Crippen LogP) is 3.67. The number of fused-ring (bicyclic) bond motifs is 1. The first-order valence-electron chi connectivity index (χ1n) is 8.04. The van der Waals surface area contributed by atoms with Crippen molar-refractivity contribution >= 4 is 34.2 Å². The van der Waals surface area contributed by atoms with Crippen LogP contribution in [0.25, 0.3) is 6.08 Å². The van der Waals surface area contributed by atoms with Crippen LogP contribution in [-0.4, -0.2) is 11.8 Å². The van der Waals surface area contributed by atoms with Crippen molar-refractivity contribution in [3.8, 4) is 0 Å². The summed E-state index contributed by atoms with van der Waals surface area (Å²) in [7, 11) is 0. The van der Waals surface area contributed by atoms with Gasteiger partial charge in [-0.15, -0.1) is 11.3 Å². The van der Waals surface area contributed by atoms with Crippen molar-refractivity contribution in [3.05, 3.63) is 45.7 Å². The molecule has 1 aliphatic carbocycles. The number of amides is 2. The topological polar surface area (TPSA) is 85.3 Å². The molecule has 0 saturated heterocycles. The molecule has 0 radical (unpaired) electrons. The molecular formula is C18H20N2O3S. The second-order valence-electron chi connectivity index (χ2n) is 5.90. The van der Waals surface area contributed by atoms with E-state index in [2.05, 4.69) is 5.32 Å². The van der Waals surface area contributed by atoms with Gasteiger partial charge in [-0.1, -0.05) is 6.42 Å². The van der Waals surface area contributed by atoms with Crippen LogP contribution in [0.2, 0.25) is 0 Å². The van der Waals surface area contributed by atoms with Crippen LogP contribution < -0.4 is 11.1 Å². The first-order valence-corrected chi connectivity index (χ1v) is 8.86. The van der Waals surface area contributed by atoms with Gasteiger partial charge in [0.25, 0.3) is 5.91 Å². The largest absolute Gasteiger partial charge is 0.462 e. The summed E-state index contributed by atoms with van der Waals surface area (Å²) in [5.41, 5.74) is 7.06. The van der Waals surface area contributed by atoms with E-state index in [-0.39, 0.29) is 5.91 Å². The lowest BCUT2D eigenvalue weighted by molar-refractivity contribution is -0.111. The van der Waals surface area contributed by atoms with E-state index in [1.807, 2.05) is 13.0 Å². The molecule has 2 aromatic heterocycles. The molecule has 6 heteroatoms. The Bertz CT molecular complexity index is 801. The van der Waals surface area contributed by atoms with Gasteiger partial charge < -0.3 is 15.5 Å². The number of rotatable bonds is 4. The van der Waals surface area contributed by atoms with Gasteiger partial charge in [0.2, 0.25) is 5.91 Å². The van der Waals surface area contributed by atoms with Crippen LogP contribution >= 0.6 is 11.3 Å². The van der Waals surface area contributed by atoms with Crippen LogP contribution in [0.4, 0.5) is 5.00 Å². The van der Waals surface area contributed by atoms with E-state index in [0.29, 0.717) is 16.3 Å². The van der Waals surface area contributed by atoms with E-state index in [1.165, 1.54) is 22.3 Å². The minimum absolute atomic E-state index is 0.303. The number of anilines is 1. The molecule has 5 nitrogen and oxygen atoms in total. The van der Waals surface area contributed by atoms with Crippen molar-refractivity contribution in [2.75, 3.05) is 5.32 Å². The average Bonchev–Trinajstić information content (AvgIpc) is 3.01. The number of carbonyl (C=O) groups excluding carboxylic acids is 2. The number of nitrogens with one attached hydrogen (secondary N) is 1. The van der Waals surface area contributed by atoms with Crippen molar-refractivity contribution in [2.45, 2.75) is 39.0 Å². The smallest absolute Gasteiger partial charge is 0.251 e. The summed E-state index contributed by atoms with van der Waals surface area (Å²) in [6.45, 7) is 1.84. The second-order valence-corrected chi connectivity index (χ2v) is 7.01. The zero-order chi connectivity index (χ0) is 17.1. The normalized spacial score (nSPS) is 14.4. The van der Waals surface area contributed by atoms with E-state index in [9.17, 15) is 9.59 Å². The molecule has 1 aliphatic rings. The number of hydrogen-bond acceptors (Lipinski definition) is 4. The number of nitrogens with two attached hydrogens (primary N) is 1. The minimum Gasteiger partial charge on any atom is -0.462 e. The van der Waals surface area contributed by atoms with E-state index in [1.54, 1.807) is 12.1 Å². The molecule has 0 saturated carbocycles. The number of carbonyl (C=O) groups is 2. The molecule has 3 rings (SSSR count). The van der Waals surface area contributed by atoms with Crippen molar-refractivity contribution in [3.63, 3.8) is 0 Å². The van der Waals surface area contributed by atoms with Crippen LogP contribution in [0.3, 0.4) is 0 Å². The maximum Gasteiger partial charge on any atom is 0.251 e. The minimum atomic E-state index is -0.477. The lowest BCUT2D eigenvalue weighted by Gasteiger charge is -2.04. The summed E-state index contributed by atoms with van der Waals surface area (Å²) in [5, 5.41) is 3.35. The Hall–Kier alpha value is -2.34. The molecule has 0 atom stereocenters. The highest BCUT2D eigenvalue weighted by Crippen LogP contribution is 2.37. The second kappa shape index (κ2) is 7.05. The Morgan fingerprint density at radius 2 is 2.04 bits per heavy atom. The molecular weight excluding hydrogens is 324 g/mol. The first kappa shape index (κ1) is 16.5. The van der Waals surface area contributed by atoms with Crippen molar-refractivity contribution in [1.29, 1.82) is 0 Å². The molecule has 2 heterocycles.